The van der Waals surface area contributed by atoms with Gasteiger partial charge in [0.2, 0.25) is 5.75 Å². The lowest BCUT2D eigenvalue weighted by molar-refractivity contribution is -0.233. The number of rotatable bonds is 8. The van der Waals surface area contributed by atoms with Gasteiger partial charge in [0.15, 0.2) is 22.5 Å². The van der Waals surface area contributed by atoms with Crippen molar-refractivity contribution in [3.8, 4) is 45.8 Å². The Morgan fingerprint density at radius 3 is 1.93 bits per heavy atom. The zero-order valence-corrected chi connectivity index (χ0v) is 28.0. The highest BCUT2D eigenvalue weighted by atomic mass is 16.6. The highest BCUT2D eigenvalue weighted by Crippen LogP contribution is 2.51. The Hall–Kier alpha value is -5.22. The maximum Gasteiger partial charge on any atom is 0.338 e. The monoisotopic (exact) mass is 760 g/mol. The molecular formula is C35H36O19. The van der Waals surface area contributed by atoms with Gasteiger partial charge < -0.3 is 84.6 Å². The minimum Gasteiger partial charge on any atom is -0.508 e. The van der Waals surface area contributed by atoms with Gasteiger partial charge in [0, 0.05) is 11.6 Å². The lowest BCUT2D eigenvalue weighted by Crippen LogP contribution is -2.56. The second kappa shape index (κ2) is 14.9. The molecule has 54 heavy (non-hydrogen) atoms. The largest absolute Gasteiger partial charge is 0.508 e. The second-order valence-corrected chi connectivity index (χ2v) is 12.7. The van der Waals surface area contributed by atoms with Crippen LogP contribution < -0.4 is 10.2 Å². The molecule has 1 aromatic heterocycles. The van der Waals surface area contributed by atoms with Crippen LogP contribution in [0.1, 0.15) is 33.7 Å². The van der Waals surface area contributed by atoms with Gasteiger partial charge in [-0.1, -0.05) is 0 Å². The van der Waals surface area contributed by atoms with E-state index in [9.17, 15) is 70.9 Å². The van der Waals surface area contributed by atoms with Gasteiger partial charge in [0.05, 0.1) is 30.4 Å². The number of carbonyl (C=O) groups is 1. The van der Waals surface area contributed by atoms with Crippen LogP contribution in [0.2, 0.25) is 0 Å². The van der Waals surface area contributed by atoms with Gasteiger partial charge in [-0.2, -0.15) is 0 Å². The number of ether oxygens (including phenoxy) is 4. The van der Waals surface area contributed by atoms with Gasteiger partial charge >= 0.3 is 5.97 Å². The summed E-state index contributed by atoms with van der Waals surface area (Å²) in [6, 6.07) is 8.08. The van der Waals surface area contributed by atoms with E-state index in [1.54, 1.807) is 0 Å². The van der Waals surface area contributed by atoms with E-state index in [1.165, 1.54) is 24.3 Å². The Morgan fingerprint density at radius 2 is 1.31 bits per heavy atom. The minimum absolute atomic E-state index is 0.138. The van der Waals surface area contributed by atoms with E-state index in [0.29, 0.717) is 0 Å². The molecule has 10 atom stereocenters. The predicted molar refractivity (Wildman–Crippen MR) is 178 cm³/mol. The van der Waals surface area contributed by atoms with Crippen LogP contribution >= 0.6 is 0 Å². The molecule has 6 rings (SSSR count). The molecule has 2 fully saturated rings. The lowest BCUT2D eigenvalue weighted by Gasteiger charge is -2.42. The molecular weight excluding hydrogens is 724 g/mol. The number of benzene rings is 3. The number of methoxy groups -OCH3 is 1. The topological polar surface area (TPSA) is 327 Å². The molecule has 290 valence electrons. The van der Waals surface area contributed by atoms with E-state index in [-0.39, 0.29) is 28.4 Å². The Kier molecular flexibility index (Phi) is 10.6. The third-order valence-electron chi connectivity index (χ3n) is 9.41. The number of phenols is 5. The first-order chi connectivity index (χ1) is 25.6. The van der Waals surface area contributed by atoms with Crippen LogP contribution in [0.4, 0.5) is 0 Å². The highest BCUT2D eigenvalue weighted by Gasteiger charge is 2.50. The molecule has 19 nitrogen and oxygen atoms in total. The molecule has 0 unspecified atom stereocenters. The summed E-state index contributed by atoms with van der Waals surface area (Å²) in [5, 5.41) is 127. The molecule has 2 aliphatic rings. The first-order valence-corrected chi connectivity index (χ1v) is 16.2. The Bertz CT molecular complexity index is 2100. The van der Waals surface area contributed by atoms with Crippen LogP contribution in [0.5, 0.6) is 34.5 Å². The summed E-state index contributed by atoms with van der Waals surface area (Å²) in [7, 11) is 1.16. The normalized spacial score (nSPS) is 28.5. The summed E-state index contributed by atoms with van der Waals surface area (Å²) in [5.74, 6) is -5.29. The summed E-state index contributed by atoms with van der Waals surface area (Å²) >= 11 is 0. The van der Waals surface area contributed by atoms with Crippen molar-refractivity contribution in [1.82, 2.24) is 0 Å². The molecule has 3 heterocycles. The highest BCUT2D eigenvalue weighted by molar-refractivity contribution is 5.92. The molecule has 3 aromatic carbocycles. The number of phenolic OH excluding ortho intramolecular Hbond substituents is 5. The maximum absolute atomic E-state index is 13.7. The number of esters is 1. The zero-order chi connectivity index (χ0) is 39.3. The van der Waals surface area contributed by atoms with E-state index in [0.717, 1.165) is 25.3 Å². The fourth-order valence-corrected chi connectivity index (χ4v) is 6.48. The Labute approximate surface area is 302 Å². The van der Waals surface area contributed by atoms with E-state index >= 15 is 0 Å². The Morgan fingerprint density at radius 1 is 0.722 bits per heavy atom. The standard InChI is InChI=1S/C35H36O19/c1-50-17-7-12(6-15(39)23(17)40)35(49)51-10-19-25(42)29(46)31(48)34(54-19)22-27(44)21(33-30(47)28(45)24(41)18(9-36)53-33)26(43)20-14(38)8-16(52-32(20)22)11-2-4-13(37)5-3-11/h2-8,18-19,24-25,28-31,33-34,36-37,39-48H,9-10H2,1H3/t18-,19-,24-,25-,28+,29+,30-,31-,33+,34+/m1/s1. The average Bonchev–Trinajstić information content (AvgIpc) is 3.15. The first-order valence-electron chi connectivity index (χ1n) is 16.2. The number of hydrogen-bond donors (Lipinski definition) is 12. The first kappa shape index (κ1) is 38.5. The second-order valence-electron chi connectivity index (χ2n) is 12.7. The quantitative estimate of drug-likeness (QED) is 0.0748. The van der Waals surface area contributed by atoms with Crippen LogP contribution in [0.3, 0.4) is 0 Å². The van der Waals surface area contributed by atoms with E-state index in [2.05, 4.69) is 0 Å². The van der Waals surface area contributed by atoms with Crippen LogP contribution in [0.15, 0.2) is 51.7 Å². The van der Waals surface area contributed by atoms with Gasteiger partial charge in [-0.3, -0.25) is 4.79 Å². The molecule has 2 saturated heterocycles. The van der Waals surface area contributed by atoms with Crippen molar-refractivity contribution < 1.29 is 89.4 Å². The zero-order valence-electron chi connectivity index (χ0n) is 28.0. The SMILES string of the molecule is COc1cc(C(=O)OC[C@H]2O[C@@H](c3c(O)c([C@@H]4O[C@H](CO)[C@@H](O)[C@H](O)[C@H]4O)c(O)c4c(=O)cc(-c5ccc(O)cc5)oc34)[C@H](O)[C@@H](O)[C@@H]2O)cc(O)c1O. The van der Waals surface area contributed by atoms with Crippen molar-refractivity contribution in [3.63, 3.8) is 0 Å². The smallest absolute Gasteiger partial charge is 0.338 e. The summed E-state index contributed by atoms with van der Waals surface area (Å²) in [5.41, 5.74) is -3.21. The Balaban J connectivity index is 1.48. The van der Waals surface area contributed by atoms with Gasteiger partial charge in [-0.05, 0) is 36.4 Å². The molecule has 19 heteroatoms. The summed E-state index contributed by atoms with van der Waals surface area (Å²) in [6.45, 7) is -1.77. The lowest BCUT2D eigenvalue weighted by atomic mass is 9.85. The molecule has 2 aliphatic heterocycles. The summed E-state index contributed by atoms with van der Waals surface area (Å²) < 4.78 is 27.6. The van der Waals surface area contributed by atoms with Crippen molar-refractivity contribution in [2.24, 2.45) is 0 Å². The number of aliphatic hydroxyl groups excluding tert-OH is 7. The van der Waals surface area contributed by atoms with Crippen LogP contribution in [0, 0.1) is 0 Å². The van der Waals surface area contributed by atoms with Crippen LogP contribution in [0.25, 0.3) is 22.3 Å². The number of fused-ring (bicyclic) bond motifs is 1. The molecule has 4 aromatic rings. The molecule has 0 radical (unpaired) electrons. The van der Waals surface area contributed by atoms with Gasteiger partial charge in [-0.15, -0.1) is 0 Å². The van der Waals surface area contributed by atoms with Crippen molar-refractivity contribution in [1.29, 1.82) is 0 Å². The molecule has 0 saturated carbocycles. The predicted octanol–water partition coefficient (Wildman–Crippen LogP) is -1.11. The number of carbonyl (C=O) groups excluding carboxylic acids is 1. The van der Waals surface area contributed by atoms with Crippen molar-refractivity contribution in [2.75, 3.05) is 20.3 Å². The van der Waals surface area contributed by atoms with Crippen LogP contribution in [-0.2, 0) is 14.2 Å². The number of aliphatic hydroxyl groups is 7. The van der Waals surface area contributed by atoms with Gasteiger partial charge in [-0.25, -0.2) is 4.79 Å². The molecule has 0 amide bonds. The van der Waals surface area contributed by atoms with Crippen molar-refractivity contribution in [2.45, 2.75) is 61.0 Å². The maximum atomic E-state index is 13.7. The number of hydrogen-bond acceptors (Lipinski definition) is 19. The van der Waals surface area contributed by atoms with Crippen LogP contribution in [-0.4, -0.2) is 136 Å². The third-order valence-corrected chi connectivity index (χ3v) is 9.41. The van der Waals surface area contributed by atoms with Gasteiger partial charge in [0.1, 0.15) is 96.0 Å². The van der Waals surface area contributed by atoms with E-state index < -0.39 is 131 Å². The fraction of sp³-hybridized carbons (Fsp3) is 0.371. The fourth-order valence-electron chi connectivity index (χ4n) is 6.48. The van der Waals surface area contributed by atoms with Crippen molar-refractivity contribution in [3.05, 3.63) is 69.4 Å². The average molecular weight is 761 g/mol. The molecule has 0 aliphatic carbocycles. The summed E-state index contributed by atoms with van der Waals surface area (Å²) in [4.78, 5) is 26.7. The van der Waals surface area contributed by atoms with Crippen molar-refractivity contribution >= 4 is 16.9 Å². The van der Waals surface area contributed by atoms with E-state index in [1.807, 2.05) is 0 Å². The van der Waals surface area contributed by atoms with Gasteiger partial charge in [0.25, 0.3) is 0 Å². The van der Waals surface area contributed by atoms with E-state index in [4.69, 9.17) is 23.4 Å². The summed E-state index contributed by atoms with van der Waals surface area (Å²) in [6.07, 6.45) is -19.5. The minimum atomic E-state index is -2.16. The molecule has 12 N–H and O–H groups in total. The molecule has 0 spiro atoms. The third kappa shape index (κ3) is 6.61. The number of aromatic hydroxyl groups is 5. The molecule has 0 bridgehead atoms.